The van der Waals surface area contributed by atoms with Gasteiger partial charge in [0.15, 0.2) is 11.5 Å². The van der Waals surface area contributed by atoms with E-state index in [2.05, 4.69) is 24.4 Å². The molecule has 1 atom stereocenters. The third-order valence-electron chi connectivity index (χ3n) is 2.72. The highest BCUT2D eigenvalue weighted by Gasteiger charge is 2.39. The van der Waals surface area contributed by atoms with Crippen LogP contribution in [-0.2, 0) is 5.54 Å². The van der Waals surface area contributed by atoms with Gasteiger partial charge >= 0.3 is 0 Å². The molecule has 1 unspecified atom stereocenters. The van der Waals surface area contributed by atoms with Crippen molar-refractivity contribution >= 4 is 0 Å². The van der Waals surface area contributed by atoms with Gasteiger partial charge < -0.3 is 14.8 Å². The minimum atomic E-state index is 0.168. The molecule has 1 aromatic rings. The summed E-state index contributed by atoms with van der Waals surface area (Å²) >= 11 is 0. The summed E-state index contributed by atoms with van der Waals surface area (Å²) in [7, 11) is 0. The van der Waals surface area contributed by atoms with Crippen molar-refractivity contribution in [1.82, 2.24) is 5.32 Å². The Morgan fingerprint density at radius 1 is 1.31 bits per heavy atom. The highest BCUT2D eigenvalue weighted by atomic mass is 16.7. The fourth-order valence-electron chi connectivity index (χ4n) is 1.58. The maximum absolute atomic E-state index is 5.31. The molecule has 1 N–H and O–H groups in total. The van der Waals surface area contributed by atoms with Gasteiger partial charge in [-0.1, -0.05) is 6.07 Å². The predicted molar refractivity (Wildman–Crippen MR) is 47.9 cm³/mol. The Kier molecular flexibility index (Phi) is 1.21. The average molecular weight is 177 g/mol. The molecule has 2 aliphatic rings. The zero-order valence-electron chi connectivity index (χ0n) is 7.46. The third kappa shape index (κ3) is 1.00. The van der Waals surface area contributed by atoms with Crippen molar-refractivity contribution in [3.8, 4) is 11.5 Å². The molecule has 3 nitrogen and oxygen atoms in total. The van der Waals surface area contributed by atoms with E-state index in [0.29, 0.717) is 6.79 Å². The lowest BCUT2D eigenvalue weighted by Gasteiger charge is -2.07. The molecule has 3 rings (SSSR count). The molecule has 1 fully saturated rings. The Hall–Kier alpha value is -1.22. The second-order valence-electron chi connectivity index (χ2n) is 3.75. The van der Waals surface area contributed by atoms with Gasteiger partial charge in [-0.25, -0.2) is 0 Å². The van der Waals surface area contributed by atoms with Gasteiger partial charge in [0.1, 0.15) is 0 Å². The largest absolute Gasteiger partial charge is 0.454 e. The van der Waals surface area contributed by atoms with Crippen LogP contribution in [0.3, 0.4) is 0 Å². The van der Waals surface area contributed by atoms with Crippen molar-refractivity contribution in [2.45, 2.75) is 12.5 Å². The molecule has 2 heterocycles. The van der Waals surface area contributed by atoms with Crippen LogP contribution in [-0.4, -0.2) is 13.3 Å². The summed E-state index contributed by atoms with van der Waals surface area (Å²) in [6, 6.07) is 6.12. The molecule has 0 radical (unpaired) electrons. The van der Waals surface area contributed by atoms with Crippen molar-refractivity contribution in [2.75, 3.05) is 13.3 Å². The van der Waals surface area contributed by atoms with Crippen molar-refractivity contribution in [2.24, 2.45) is 0 Å². The SMILES string of the molecule is CC1(c2ccc3c(c2)OCO3)CN1. The monoisotopic (exact) mass is 177 g/mol. The lowest BCUT2D eigenvalue weighted by atomic mass is 10.0. The molecule has 3 heteroatoms. The second-order valence-corrected chi connectivity index (χ2v) is 3.75. The highest BCUT2D eigenvalue weighted by molar-refractivity contribution is 5.47. The number of benzene rings is 1. The zero-order valence-corrected chi connectivity index (χ0v) is 7.46. The van der Waals surface area contributed by atoms with E-state index in [1.807, 2.05) is 6.07 Å². The number of hydrogen-bond acceptors (Lipinski definition) is 3. The van der Waals surface area contributed by atoms with Crippen LogP contribution in [0.25, 0.3) is 0 Å². The molecule has 0 aromatic heterocycles. The summed E-state index contributed by atoms with van der Waals surface area (Å²) in [4.78, 5) is 0. The maximum Gasteiger partial charge on any atom is 0.231 e. The van der Waals surface area contributed by atoms with E-state index < -0.39 is 0 Å². The van der Waals surface area contributed by atoms with E-state index in [4.69, 9.17) is 9.47 Å². The molecule has 68 valence electrons. The molecule has 0 saturated carbocycles. The fraction of sp³-hybridized carbons (Fsp3) is 0.400. The van der Waals surface area contributed by atoms with Crippen molar-refractivity contribution < 1.29 is 9.47 Å². The van der Waals surface area contributed by atoms with Gasteiger partial charge in [0, 0.05) is 6.54 Å². The van der Waals surface area contributed by atoms with E-state index in [0.717, 1.165) is 18.0 Å². The topological polar surface area (TPSA) is 40.4 Å². The molecule has 0 aliphatic carbocycles. The van der Waals surface area contributed by atoms with Crippen molar-refractivity contribution in [3.63, 3.8) is 0 Å². The van der Waals surface area contributed by atoms with Gasteiger partial charge in [-0.3, -0.25) is 0 Å². The molecule has 1 saturated heterocycles. The highest BCUT2D eigenvalue weighted by Crippen LogP contribution is 2.38. The second kappa shape index (κ2) is 2.17. The van der Waals surface area contributed by atoms with Gasteiger partial charge in [0.05, 0.1) is 5.54 Å². The number of ether oxygens (including phenoxy) is 2. The molecule has 2 aliphatic heterocycles. The van der Waals surface area contributed by atoms with Crippen LogP contribution in [0.15, 0.2) is 18.2 Å². The van der Waals surface area contributed by atoms with E-state index in [9.17, 15) is 0 Å². The number of nitrogens with one attached hydrogen (secondary N) is 1. The first-order valence-corrected chi connectivity index (χ1v) is 4.43. The van der Waals surface area contributed by atoms with Gasteiger partial charge in [-0.15, -0.1) is 0 Å². The first-order chi connectivity index (χ1) is 6.28. The third-order valence-corrected chi connectivity index (χ3v) is 2.72. The molecule has 0 spiro atoms. The minimum Gasteiger partial charge on any atom is -0.454 e. The molecule has 0 amide bonds. The lowest BCUT2D eigenvalue weighted by molar-refractivity contribution is 0.174. The van der Waals surface area contributed by atoms with Crippen LogP contribution in [0.5, 0.6) is 11.5 Å². The van der Waals surface area contributed by atoms with Crippen molar-refractivity contribution in [3.05, 3.63) is 23.8 Å². The summed E-state index contributed by atoms with van der Waals surface area (Å²) in [5, 5.41) is 3.32. The Morgan fingerprint density at radius 2 is 2.08 bits per heavy atom. The van der Waals surface area contributed by atoms with Crippen molar-refractivity contribution in [1.29, 1.82) is 0 Å². The Bertz CT molecular complexity index is 358. The predicted octanol–water partition coefficient (Wildman–Crippen LogP) is 1.23. The molecular formula is C10H11NO2. The minimum absolute atomic E-state index is 0.168. The maximum atomic E-state index is 5.31. The zero-order chi connectivity index (χ0) is 8.89. The van der Waals surface area contributed by atoms with Crippen LogP contribution in [0, 0.1) is 0 Å². The molecule has 1 aromatic carbocycles. The van der Waals surface area contributed by atoms with E-state index in [1.165, 1.54) is 5.56 Å². The van der Waals surface area contributed by atoms with E-state index >= 15 is 0 Å². The van der Waals surface area contributed by atoms with Crippen LogP contribution in [0.2, 0.25) is 0 Å². The van der Waals surface area contributed by atoms with Crippen LogP contribution in [0.1, 0.15) is 12.5 Å². The van der Waals surface area contributed by atoms with Gasteiger partial charge in [-0.2, -0.15) is 0 Å². The fourth-order valence-corrected chi connectivity index (χ4v) is 1.58. The first kappa shape index (κ1) is 7.21. The molecule has 13 heavy (non-hydrogen) atoms. The van der Waals surface area contributed by atoms with Gasteiger partial charge in [0.25, 0.3) is 0 Å². The number of fused-ring (bicyclic) bond motifs is 1. The summed E-state index contributed by atoms with van der Waals surface area (Å²) in [5.41, 5.74) is 1.44. The van der Waals surface area contributed by atoms with Crippen LogP contribution >= 0.6 is 0 Å². The van der Waals surface area contributed by atoms with Gasteiger partial charge in [0.2, 0.25) is 6.79 Å². The Balaban J connectivity index is 2.05. The Labute approximate surface area is 76.7 Å². The first-order valence-electron chi connectivity index (χ1n) is 4.43. The van der Waals surface area contributed by atoms with E-state index in [-0.39, 0.29) is 5.54 Å². The summed E-state index contributed by atoms with van der Waals surface area (Å²) < 4.78 is 10.6. The lowest BCUT2D eigenvalue weighted by Crippen LogP contribution is -2.05. The average Bonchev–Trinajstić information content (AvgIpc) is 2.74. The summed E-state index contributed by atoms with van der Waals surface area (Å²) in [6.45, 7) is 3.58. The molecule has 0 bridgehead atoms. The van der Waals surface area contributed by atoms with Crippen LogP contribution in [0.4, 0.5) is 0 Å². The van der Waals surface area contributed by atoms with E-state index in [1.54, 1.807) is 0 Å². The van der Waals surface area contributed by atoms with Crippen LogP contribution < -0.4 is 14.8 Å². The number of hydrogen-bond donors (Lipinski definition) is 1. The van der Waals surface area contributed by atoms with Gasteiger partial charge in [-0.05, 0) is 24.6 Å². The smallest absolute Gasteiger partial charge is 0.231 e. The summed E-state index contributed by atoms with van der Waals surface area (Å²) in [6.07, 6.45) is 0. The Morgan fingerprint density at radius 3 is 2.85 bits per heavy atom. The standard InChI is InChI=1S/C10H11NO2/c1-10(5-11-10)7-2-3-8-9(4-7)13-6-12-8/h2-4,11H,5-6H2,1H3. The number of rotatable bonds is 1. The molecular weight excluding hydrogens is 166 g/mol. The normalized spacial score (nSPS) is 29.0. The summed E-state index contributed by atoms with van der Waals surface area (Å²) in [5.74, 6) is 1.72. The quantitative estimate of drug-likeness (QED) is 0.656.